The van der Waals surface area contributed by atoms with Gasteiger partial charge in [0.2, 0.25) is 0 Å². The fourth-order valence-electron chi connectivity index (χ4n) is 1.79. The van der Waals surface area contributed by atoms with Gasteiger partial charge in [0.25, 0.3) is 0 Å². The van der Waals surface area contributed by atoms with Gasteiger partial charge in [0.05, 0.1) is 17.4 Å². The van der Waals surface area contributed by atoms with Crippen molar-refractivity contribution in [2.24, 2.45) is 0 Å². The van der Waals surface area contributed by atoms with Crippen LogP contribution in [0.15, 0.2) is 12.3 Å². The maximum Gasteiger partial charge on any atom is 0.173 e. The van der Waals surface area contributed by atoms with Gasteiger partial charge in [0.1, 0.15) is 18.3 Å². The molecule has 4 atom stereocenters. The smallest absolute Gasteiger partial charge is 0.173 e. The number of thioether (sulfide) groups is 1. The molecule has 1 aliphatic heterocycles. The van der Waals surface area contributed by atoms with Crippen molar-refractivity contribution in [3.8, 4) is 11.8 Å². The molecule has 1 fully saturated rings. The summed E-state index contributed by atoms with van der Waals surface area (Å²) >= 11 is 1.19. The Hall–Kier alpha value is -1.33. The molecule has 19 heavy (non-hydrogen) atoms. The molecule has 0 bridgehead atoms. The molecule has 0 aromatic carbocycles. The highest BCUT2D eigenvalue weighted by atomic mass is 32.2. The van der Waals surface area contributed by atoms with Crippen molar-refractivity contribution < 1.29 is 20.1 Å². The third-order valence-corrected chi connectivity index (χ3v) is 4.13. The lowest BCUT2D eigenvalue weighted by atomic mass is 10.1. The number of nitriles is 1. The van der Waals surface area contributed by atoms with E-state index in [1.165, 1.54) is 24.0 Å². The van der Waals surface area contributed by atoms with E-state index in [1.807, 2.05) is 6.07 Å². The summed E-state index contributed by atoms with van der Waals surface area (Å²) in [5.41, 5.74) is 0.113. The van der Waals surface area contributed by atoms with Crippen LogP contribution in [0, 0.1) is 18.3 Å². The molecule has 0 amide bonds. The number of pyridine rings is 1. The van der Waals surface area contributed by atoms with Crippen molar-refractivity contribution in [2.75, 3.05) is 5.75 Å². The van der Waals surface area contributed by atoms with Gasteiger partial charge in [-0.1, -0.05) is 0 Å². The first kappa shape index (κ1) is 14.1. The van der Waals surface area contributed by atoms with E-state index in [-0.39, 0.29) is 5.75 Å². The Labute approximate surface area is 114 Å². The van der Waals surface area contributed by atoms with Gasteiger partial charge in [-0.2, -0.15) is 5.26 Å². The number of aliphatic hydroxyl groups is 3. The van der Waals surface area contributed by atoms with Gasteiger partial charge in [0.15, 0.2) is 11.2 Å². The van der Waals surface area contributed by atoms with Crippen molar-refractivity contribution in [3.63, 3.8) is 0 Å². The van der Waals surface area contributed by atoms with Gasteiger partial charge in [0, 0.05) is 11.9 Å². The molecule has 0 aliphatic carbocycles. The fourth-order valence-corrected chi connectivity index (χ4v) is 2.90. The zero-order valence-electron chi connectivity index (χ0n) is 10.2. The van der Waals surface area contributed by atoms with Crippen molar-refractivity contribution in [2.45, 2.75) is 30.7 Å². The maximum absolute atomic E-state index is 9.86. The Morgan fingerprint density at radius 1 is 1.42 bits per heavy atom. The molecule has 7 heteroatoms. The highest BCUT2D eigenvalue weighted by Crippen LogP contribution is 2.31. The predicted octanol–water partition coefficient (Wildman–Crippen LogP) is -0.204. The third kappa shape index (κ3) is 2.82. The van der Waals surface area contributed by atoms with Crippen molar-refractivity contribution in [3.05, 3.63) is 23.5 Å². The van der Waals surface area contributed by atoms with Crippen LogP contribution in [0.1, 0.15) is 11.3 Å². The Morgan fingerprint density at radius 3 is 2.84 bits per heavy atom. The highest BCUT2D eigenvalue weighted by Gasteiger charge is 2.39. The molecule has 1 aromatic rings. The Balaban J connectivity index is 2.20. The normalized spacial score (nSPS) is 30.7. The molecule has 102 valence electrons. The van der Waals surface area contributed by atoms with Crippen LogP contribution < -0.4 is 4.74 Å². The molecule has 0 unspecified atom stereocenters. The Kier molecular flexibility index (Phi) is 4.27. The van der Waals surface area contributed by atoms with Crippen LogP contribution in [-0.4, -0.2) is 49.8 Å². The monoisotopic (exact) mass is 282 g/mol. The zero-order valence-corrected chi connectivity index (χ0v) is 11.0. The van der Waals surface area contributed by atoms with Gasteiger partial charge >= 0.3 is 0 Å². The van der Waals surface area contributed by atoms with Crippen molar-refractivity contribution in [1.29, 1.82) is 5.26 Å². The van der Waals surface area contributed by atoms with Gasteiger partial charge in [-0.3, -0.25) is 4.98 Å². The first-order chi connectivity index (χ1) is 9.04. The summed E-state index contributed by atoms with van der Waals surface area (Å²) < 4.78 is 5.60. The van der Waals surface area contributed by atoms with E-state index in [0.29, 0.717) is 17.0 Å². The third-order valence-electron chi connectivity index (χ3n) is 2.89. The lowest BCUT2D eigenvalue weighted by molar-refractivity contribution is -0.0787. The largest absolute Gasteiger partial charge is 0.474 e. The Morgan fingerprint density at radius 2 is 2.16 bits per heavy atom. The summed E-state index contributed by atoms with van der Waals surface area (Å²) in [6.07, 6.45) is -1.96. The lowest BCUT2D eigenvalue weighted by Gasteiger charge is -2.34. The van der Waals surface area contributed by atoms with Gasteiger partial charge in [-0.25, -0.2) is 0 Å². The second kappa shape index (κ2) is 5.75. The van der Waals surface area contributed by atoms with Crippen LogP contribution in [0.3, 0.4) is 0 Å². The SMILES string of the molecule is Cc1nccc(C#N)c1O[C@H]1SC[C@@H](O)[C@H](O)[C@H]1O. The van der Waals surface area contributed by atoms with E-state index in [2.05, 4.69) is 4.98 Å². The fraction of sp³-hybridized carbons (Fsp3) is 0.500. The molecule has 0 radical (unpaired) electrons. The summed E-state index contributed by atoms with van der Waals surface area (Å²) in [6.45, 7) is 1.70. The second-order valence-corrected chi connectivity index (χ2v) is 5.38. The molecule has 0 saturated carbocycles. The number of aryl methyl sites for hydroxylation is 1. The number of aromatic nitrogens is 1. The molecule has 1 aliphatic rings. The molecule has 6 nitrogen and oxygen atoms in total. The molecular weight excluding hydrogens is 268 g/mol. The first-order valence-electron chi connectivity index (χ1n) is 5.72. The van der Waals surface area contributed by atoms with Gasteiger partial charge in [-0.15, -0.1) is 11.8 Å². The van der Waals surface area contributed by atoms with E-state index in [0.717, 1.165) is 0 Å². The number of ether oxygens (including phenoxy) is 1. The Bertz CT molecular complexity index is 505. The van der Waals surface area contributed by atoms with E-state index in [4.69, 9.17) is 10.00 Å². The minimum absolute atomic E-state index is 0.254. The summed E-state index contributed by atoms with van der Waals surface area (Å²) in [6, 6.07) is 3.51. The number of hydrogen-bond donors (Lipinski definition) is 3. The predicted molar refractivity (Wildman–Crippen MR) is 68.6 cm³/mol. The van der Waals surface area contributed by atoms with Crippen LogP contribution in [0.25, 0.3) is 0 Å². The molecule has 3 N–H and O–H groups in total. The highest BCUT2D eigenvalue weighted by molar-refractivity contribution is 7.99. The summed E-state index contributed by atoms with van der Waals surface area (Å²) in [5, 5.41) is 37.9. The van der Waals surface area contributed by atoms with Crippen LogP contribution in [0.2, 0.25) is 0 Å². The topological polar surface area (TPSA) is 107 Å². The average molecular weight is 282 g/mol. The van der Waals surface area contributed by atoms with Crippen molar-refractivity contribution in [1.82, 2.24) is 4.98 Å². The number of nitrogens with zero attached hydrogens (tertiary/aromatic N) is 2. The summed E-state index contributed by atoms with van der Waals surface area (Å²) in [4.78, 5) is 4.03. The van der Waals surface area contributed by atoms with Crippen LogP contribution in [0.4, 0.5) is 0 Å². The first-order valence-corrected chi connectivity index (χ1v) is 6.77. The maximum atomic E-state index is 9.86. The molecule has 2 rings (SSSR count). The number of aliphatic hydroxyl groups excluding tert-OH is 3. The molecular formula is C12H14N2O4S. The summed E-state index contributed by atoms with van der Waals surface area (Å²) in [7, 11) is 0. The van der Waals surface area contributed by atoms with E-state index in [9.17, 15) is 15.3 Å². The zero-order chi connectivity index (χ0) is 14.0. The number of hydrogen-bond acceptors (Lipinski definition) is 7. The molecule has 1 aromatic heterocycles. The molecule has 1 saturated heterocycles. The van der Waals surface area contributed by atoms with E-state index in [1.54, 1.807) is 6.92 Å². The summed E-state index contributed by atoms with van der Waals surface area (Å²) in [5.74, 6) is 0.550. The van der Waals surface area contributed by atoms with Gasteiger partial charge in [-0.05, 0) is 13.0 Å². The minimum Gasteiger partial charge on any atom is -0.474 e. The van der Waals surface area contributed by atoms with E-state index >= 15 is 0 Å². The van der Waals surface area contributed by atoms with E-state index < -0.39 is 23.7 Å². The minimum atomic E-state index is -1.26. The van der Waals surface area contributed by atoms with Crippen LogP contribution in [0.5, 0.6) is 5.75 Å². The second-order valence-electron chi connectivity index (χ2n) is 4.25. The number of rotatable bonds is 2. The van der Waals surface area contributed by atoms with Gasteiger partial charge < -0.3 is 20.1 Å². The average Bonchev–Trinajstić information content (AvgIpc) is 2.41. The quantitative estimate of drug-likeness (QED) is 0.689. The molecule has 2 heterocycles. The van der Waals surface area contributed by atoms with Crippen molar-refractivity contribution >= 4 is 11.8 Å². The van der Waals surface area contributed by atoms with Crippen LogP contribution in [-0.2, 0) is 0 Å². The molecule has 0 spiro atoms. The lowest BCUT2D eigenvalue weighted by Crippen LogP contribution is -2.50. The van der Waals surface area contributed by atoms with Crippen LogP contribution >= 0.6 is 11.8 Å². The standard InChI is InChI=1S/C12H14N2O4S/c1-6-11(7(4-13)2-3-14-6)18-12-10(17)9(16)8(15)5-19-12/h2-3,8-10,12,15-17H,5H2,1H3/t8-,9+,10-,12+/m1/s1.